The highest BCUT2D eigenvalue weighted by Gasteiger charge is 2.28. The number of pyridine rings is 1. The van der Waals surface area contributed by atoms with Gasteiger partial charge in [-0.05, 0) is 6.07 Å². The van der Waals surface area contributed by atoms with E-state index in [0.717, 1.165) is 22.3 Å². The first-order chi connectivity index (χ1) is 12.2. The van der Waals surface area contributed by atoms with Crippen molar-refractivity contribution in [3.8, 4) is 6.07 Å². The number of fused-ring (bicyclic) bond motifs is 1. The monoisotopic (exact) mass is 332 g/mol. The third kappa shape index (κ3) is 2.58. The van der Waals surface area contributed by atoms with Crippen molar-refractivity contribution in [2.75, 3.05) is 29.4 Å². The van der Waals surface area contributed by atoms with Crippen molar-refractivity contribution in [2.24, 2.45) is 7.05 Å². The van der Waals surface area contributed by atoms with Gasteiger partial charge >= 0.3 is 0 Å². The van der Waals surface area contributed by atoms with Crippen molar-refractivity contribution in [1.29, 1.82) is 5.26 Å². The number of amides is 1. The van der Waals surface area contributed by atoms with Gasteiger partial charge in [0, 0.05) is 37.9 Å². The molecule has 0 spiro atoms. The Morgan fingerprint density at radius 1 is 1.20 bits per heavy atom. The molecule has 3 aromatic rings. The van der Waals surface area contributed by atoms with Crippen LogP contribution in [0.5, 0.6) is 0 Å². The van der Waals surface area contributed by atoms with Crippen LogP contribution < -0.4 is 9.80 Å². The Labute approximate surface area is 144 Å². The normalized spacial score (nSPS) is 14.8. The summed E-state index contributed by atoms with van der Waals surface area (Å²) < 4.78 is 1.68. The number of nitriles is 1. The molecule has 4 rings (SSSR count). The molecule has 7 nitrogen and oxygen atoms in total. The molecule has 3 heterocycles. The highest BCUT2D eigenvalue weighted by molar-refractivity contribution is 6.01. The van der Waals surface area contributed by atoms with Crippen molar-refractivity contribution in [2.45, 2.75) is 0 Å². The minimum Gasteiger partial charge on any atom is -0.359 e. The smallest absolute Gasteiger partial charge is 0.246 e. The molecule has 1 saturated heterocycles. The number of carbonyl (C=O) groups is 1. The van der Waals surface area contributed by atoms with E-state index in [1.165, 1.54) is 0 Å². The molecule has 0 atom stereocenters. The predicted octanol–water partition coefficient (Wildman–Crippen LogP) is 1.69. The van der Waals surface area contributed by atoms with Crippen molar-refractivity contribution >= 4 is 28.2 Å². The Bertz CT molecular complexity index is 1000. The van der Waals surface area contributed by atoms with Crippen LogP contribution in [0.2, 0.25) is 0 Å². The van der Waals surface area contributed by atoms with E-state index in [2.05, 4.69) is 16.2 Å². The first-order valence-corrected chi connectivity index (χ1v) is 7.99. The van der Waals surface area contributed by atoms with Gasteiger partial charge in [0.25, 0.3) is 0 Å². The number of nitrogens with zero attached hydrogens (tertiary/aromatic N) is 6. The van der Waals surface area contributed by atoms with E-state index >= 15 is 0 Å². The number of hydrogen-bond donors (Lipinski definition) is 0. The molecule has 7 heteroatoms. The van der Waals surface area contributed by atoms with Crippen LogP contribution >= 0.6 is 0 Å². The molecule has 0 bridgehead atoms. The fourth-order valence-corrected chi connectivity index (χ4v) is 3.23. The average Bonchev–Trinajstić information content (AvgIpc) is 3.06. The average molecular weight is 332 g/mol. The Morgan fingerprint density at radius 3 is 2.76 bits per heavy atom. The number of anilines is 2. The number of rotatable bonds is 2. The van der Waals surface area contributed by atoms with Gasteiger partial charge in [-0.1, -0.05) is 18.2 Å². The number of benzene rings is 1. The molecule has 25 heavy (non-hydrogen) atoms. The van der Waals surface area contributed by atoms with E-state index in [1.54, 1.807) is 22.0 Å². The molecule has 0 radical (unpaired) electrons. The molecule has 124 valence electrons. The maximum atomic E-state index is 12.7. The van der Waals surface area contributed by atoms with E-state index in [-0.39, 0.29) is 12.5 Å². The van der Waals surface area contributed by atoms with Gasteiger partial charge in [-0.25, -0.2) is 0 Å². The molecular formula is C18H16N6O. The Morgan fingerprint density at radius 2 is 2.04 bits per heavy atom. The minimum atomic E-state index is -0.0102. The highest BCUT2D eigenvalue weighted by atomic mass is 16.2. The van der Waals surface area contributed by atoms with Crippen LogP contribution in [0.15, 0.2) is 42.9 Å². The maximum Gasteiger partial charge on any atom is 0.246 e. The molecule has 0 N–H and O–H groups in total. The number of aromatic nitrogens is 3. The van der Waals surface area contributed by atoms with E-state index in [9.17, 15) is 10.1 Å². The Kier molecular flexibility index (Phi) is 3.58. The topological polar surface area (TPSA) is 78.0 Å². The second-order valence-corrected chi connectivity index (χ2v) is 5.99. The molecule has 1 aliphatic rings. The Balaban J connectivity index is 1.70. The van der Waals surface area contributed by atoms with Gasteiger partial charge < -0.3 is 9.80 Å². The van der Waals surface area contributed by atoms with Gasteiger partial charge in [0.2, 0.25) is 5.91 Å². The number of carbonyl (C=O) groups excluding carboxylic acids is 1. The van der Waals surface area contributed by atoms with Gasteiger partial charge in [-0.3, -0.25) is 14.5 Å². The van der Waals surface area contributed by atoms with Crippen LogP contribution in [0.1, 0.15) is 5.56 Å². The summed E-state index contributed by atoms with van der Waals surface area (Å²) in [6.45, 7) is 1.41. The second kappa shape index (κ2) is 5.91. The molecule has 1 amide bonds. The predicted molar refractivity (Wildman–Crippen MR) is 94.2 cm³/mol. The number of para-hydroxylation sites is 1. The lowest BCUT2D eigenvalue weighted by Crippen LogP contribution is -2.50. The molecule has 0 unspecified atom stereocenters. The van der Waals surface area contributed by atoms with Crippen LogP contribution in [0.3, 0.4) is 0 Å². The Hall–Kier alpha value is -3.40. The molecular weight excluding hydrogens is 316 g/mol. The van der Waals surface area contributed by atoms with Crippen molar-refractivity contribution in [3.63, 3.8) is 0 Å². The van der Waals surface area contributed by atoms with Gasteiger partial charge in [-0.2, -0.15) is 10.4 Å². The summed E-state index contributed by atoms with van der Waals surface area (Å²) in [7, 11) is 1.83. The lowest BCUT2D eigenvalue weighted by molar-refractivity contribution is -0.117. The second-order valence-electron chi connectivity index (χ2n) is 5.99. The summed E-state index contributed by atoms with van der Waals surface area (Å²) in [5, 5.41) is 14.5. The molecule has 1 fully saturated rings. The van der Waals surface area contributed by atoms with Gasteiger partial charge in [0.05, 0.1) is 35.2 Å². The fourth-order valence-electron chi connectivity index (χ4n) is 3.23. The van der Waals surface area contributed by atoms with Crippen LogP contribution in [0.4, 0.5) is 11.4 Å². The number of hydrogen-bond acceptors (Lipinski definition) is 5. The molecule has 1 aromatic carbocycles. The quantitative estimate of drug-likeness (QED) is 0.714. The molecule has 0 aliphatic carbocycles. The van der Waals surface area contributed by atoms with E-state index in [4.69, 9.17) is 0 Å². The SMILES string of the molecule is Cn1cc(N2CCN(c3c(C#N)cnc4ccccc34)CC2=O)cn1. The van der Waals surface area contributed by atoms with E-state index in [1.807, 2.05) is 42.4 Å². The number of piperazine rings is 1. The van der Waals surface area contributed by atoms with Crippen LogP contribution in [0, 0.1) is 11.3 Å². The van der Waals surface area contributed by atoms with Crippen LogP contribution in [0.25, 0.3) is 10.9 Å². The minimum absolute atomic E-state index is 0.0102. The summed E-state index contributed by atoms with van der Waals surface area (Å²) in [6, 6.07) is 9.89. The highest BCUT2D eigenvalue weighted by Crippen LogP contribution is 2.30. The zero-order valence-corrected chi connectivity index (χ0v) is 13.8. The lowest BCUT2D eigenvalue weighted by Gasteiger charge is -2.35. The first-order valence-electron chi connectivity index (χ1n) is 7.99. The summed E-state index contributed by atoms with van der Waals surface area (Å²) in [5.41, 5.74) is 2.89. The maximum absolute atomic E-state index is 12.7. The summed E-state index contributed by atoms with van der Waals surface area (Å²) in [6.07, 6.45) is 5.10. The summed E-state index contributed by atoms with van der Waals surface area (Å²) in [5.74, 6) is -0.0102. The van der Waals surface area contributed by atoms with Crippen LogP contribution in [-0.4, -0.2) is 40.3 Å². The van der Waals surface area contributed by atoms with E-state index in [0.29, 0.717) is 18.7 Å². The van der Waals surface area contributed by atoms with Crippen LogP contribution in [-0.2, 0) is 11.8 Å². The van der Waals surface area contributed by atoms with Gasteiger partial charge in [0.15, 0.2) is 0 Å². The van der Waals surface area contributed by atoms with Gasteiger partial charge in [-0.15, -0.1) is 0 Å². The fraction of sp³-hybridized carbons (Fsp3) is 0.222. The van der Waals surface area contributed by atoms with Crippen molar-refractivity contribution < 1.29 is 4.79 Å². The molecule has 1 aliphatic heterocycles. The summed E-state index contributed by atoms with van der Waals surface area (Å²) in [4.78, 5) is 20.7. The number of aryl methyl sites for hydroxylation is 1. The first kappa shape index (κ1) is 15.1. The lowest BCUT2D eigenvalue weighted by atomic mass is 10.1. The largest absolute Gasteiger partial charge is 0.359 e. The standard InChI is InChI=1S/C18H16N6O/c1-22-11-14(10-21-22)24-7-6-23(12-17(24)25)18-13(8-19)9-20-16-5-3-2-4-15(16)18/h2-5,9-11H,6-7,12H2,1H3. The molecule has 2 aromatic heterocycles. The van der Waals surface area contributed by atoms with Gasteiger partial charge in [0.1, 0.15) is 6.07 Å². The zero-order valence-electron chi connectivity index (χ0n) is 13.8. The zero-order chi connectivity index (χ0) is 17.4. The van der Waals surface area contributed by atoms with Crippen molar-refractivity contribution in [3.05, 3.63) is 48.4 Å². The third-order valence-corrected chi connectivity index (χ3v) is 4.41. The summed E-state index contributed by atoms with van der Waals surface area (Å²) >= 11 is 0. The van der Waals surface area contributed by atoms with Crippen molar-refractivity contribution in [1.82, 2.24) is 14.8 Å². The van der Waals surface area contributed by atoms with E-state index < -0.39 is 0 Å². The molecule has 0 saturated carbocycles. The third-order valence-electron chi connectivity index (χ3n) is 4.41.